The summed E-state index contributed by atoms with van der Waals surface area (Å²) < 4.78 is 1.74. The summed E-state index contributed by atoms with van der Waals surface area (Å²) in [5, 5.41) is 15.2. The summed E-state index contributed by atoms with van der Waals surface area (Å²) >= 11 is 13.2. The predicted octanol–water partition coefficient (Wildman–Crippen LogP) is 4.40. The van der Waals surface area contributed by atoms with E-state index in [0.29, 0.717) is 21.6 Å². The Morgan fingerprint density at radius 1 is 1.13 bits per heavy atom. The van der Waals surface area contributed by atoms with Crippen molar-refractivity contribution in [2.45, 2.75) is 25.5 Å². The summed E-state index contributed by atoms with van der Waals surface area (Å²) in [6.45, 7) is 4.13. The molecule has 0 aliphatic carbocycles. The lowest BCUT2D eigenvalue weighted by atomic mass is 10.1. The SMILES string of the molecule is Cc1cccc(NC(=O)CSc2nnc(CNC(=O)c3ccc(Cl)cc3Cl)n2C)c1C. The molecule has 0 aliphatic heterocycles. The summed E-state index contributed by atoms with van der Waals surface area (Å²) in [6, 6.07) is 10.5. The van der Waals surface area contributed by atoms with E-state index in [0.717, 1.165) is 16.8 Å². The lowest BCUT2D eigenvalue weighted by Gasteiger charge is -2.10. The fourth-order valence-corrected chi connectivity index (χ4v) is 3.98. The summed E-state index contributed by atoms with van der Waals surface area (Å²) in [7, 11) is 1.78. The van der Waals surface area contributed by atoms with Gasteiger partial charge in [-0.15, -0.1) is 10.2 Å². The Balaban J connectivity index is 1.55. The topological polar surface area (TPSA) is 88.9 Å². The number of carbonyl (C=O) groups excluding carboxylic acids is 2. The van der Waals surface area contributed by atoms with Crippen LogP contribution in [0, 0.1) is 13.8 Å². The molecule has 0 aliphatic rings. The summed E-state index contributed by atoms with van der Waals surface area (Å²) in [5.74, 6) is 0.267. The maximum Gasteiger partial charge on any atom is 0.253 e. The zero-order chi connectivity index (χ0) is 22.5. The van der Waals surface area contributed by atoms with Crippen molar-refractivity contribution < 1.29 is 9.59 Å². The van der Waals surface area contributed by atoms with Crippen LogP contribution >= 0.6 is 35.0 Å². The molecule has 0 fully saturated rings. The molecule has 10 heteroatoms. The number of hydrogen-bond donors (Lipinski definition) is 2. The van der Waals surface area contributed by atoms with E-state index in [4.69, 9.17) is 23.2 Å². The Labute approximate surface area is 194 Å². The van der Waals surface area contributed by atoms with Gasteiger partial charge in [-0.1, -0.05) is 47.1 Å². The van der Waals surface area contributed by atoms with Crippen molar-refractivity contribution in [3.63, 3.8) is 0 Å². The number of benzene rings is 2. The predicted molar refractivity (Wildman–Crippen MR) is 124 cm³/mol. The second-order valence-electron chi connectivity index (χ2n) is 6.85. The minimum atomic E-state index is -0.341. The molecule has 3 aromatic rings. The van der Waals surface area contributed by atoms with E-state index < -0.39 is 0 Å². The number of hydrogen-bond acceptors (Lipinski definition) is 5. The van der Waals surface area contributed by atoms with E-state index in [1.807, 2.05) is 32.0 Å². The van der Waals surface area contributed by atoms with Gasteiger partial charge in [-0.2, -0.15) is 0 Å². The lowest BCUT2D eigenvalue weighted by molar-refractivity contribution is -0.113. The molecule has 1 aromatic heterocycles. The third-order valence-corrected chi connectivity index (χ3v) is 6.29. The van der Waals surface area contributed by atoms with Gasteiger partial charge in [0.1, 0.15) is 0 Å². The first-order valence-electron chi connectivity index (χ1n) is 9.36. The highest BCUT2D eigenvalue weighted by atomic mass is 35.5. The molecule has 3 rings (SSSR count). The normalized spacial score (nSPS) is 10.7. The molecule has 1 heterocycles. The molecule has 162 valence electrons. The van der Waals surface area contributed by atoms with Crippen molar-refractivity contribution in [2.24, 2.45) is 7.05 Å². The highest BCUT2D eigenvalue weighted by molar-refractivity contribution is 7.99. The van der Waals surface area contributed by atoms with Crippen molar-refractivity contribution in [2.75, 3.05) is 11.1 Å². The largest absolute Gasteiger partial charge is 0.345 e. The third-order valence-electron chi connectivity index (χ3n) is 4.72. The number of rotatable bonds is 7. The van der Waals surface area contributed by atoms with Gasteiger partial charge in [0.2, 0.25) is 5.91 Å². The maximum absolute atomic E-state index is 12.4. The fourth-order valence-electron chi connectivity index (χ4n) is 2.76. The zero-order valence-electron chi connectivity index (χ0n) is 17.2. The molecule has 0 saturated carbocycles. The Hall–Kier alpha value is -2.55. The Bertz CT molecular complexity index is 1130. The molecule has 0 radical (unpaired) electrons. The molecule has 2 N–H and O–H groups in total. The Kier molecular flexibility index (Phi) is 7.59. The standard InChI is InChI=1S/C21H21Cl2N5O2S/c1-12-5-4-6-17(13(12)2)25-19(29)11-31-21-27-26-18(28(21)3)10-24-20(30)15-8-7-14(22)9-16(15)23/h4-9H,10-11H2,1-3H3,(H,24,30)(H,25,29). The van der Waals surface area contributed by atoms with Crippen LogP contribution < -0.4 is 10.6 Å². The Morgan fingerprint density at radius 3 is 2.65 bits per heavy atom. The molecule has 0 bridgehead atoms. The minimum Gasteiger partial charge on any atom is -0.345 e. The molecule has 31 heavy (non-hydrogen) atoms. The highest BCUT2D eigenvalue weighted by Gasteiger charge is 2.15. The monoisotopic (exact) mass is 477 g/mol. The number of aryl methyl sites for hydroxylation is 1. The van der Waals surface area contributed by atoms with Gasteiger partial charge in [0.15, 0.2) is 11.0 Å². The number of halogens is 2. The van der Waals surface area contributed by atoms with E-state index in [9.17, 15) is 9.59 Å². The van der Waals surface area contributed by atoms with Gasteiger partial charge in [0, 0.05) is 17.8 Å². The van der Waals surface area contributed by atoms with E-state index in [1.54, 1.807) is 23.7 Å². The van der Waals surface area contributed by atoms with Crippen LogP contribution in [0.3, 0.4) is 0 Å². The van der Waals surface area contributed by atoms with Crippen LogP contribution in [0.5, 0.6) is 0 Å². The van der Waals surface area contributed by atoms with E-state index in [1.165, 1.54) is 17.8 Å². The van der Waals surface area contributed by atoms with Gasteiger partial charge in [0.25, 0.3) is 5.91 Å². The smallest absolute Gasteiger partial charge is 0.253 e. The highest BCUT2D eigenvalue weighted by Crippen LogP contribution is 2.22. The van der Waals surface area contributed by atoms with Crippen molar-refractivity contribution in [1.82, 2.24) is 20.1 Å². The van der Waals surface area contributed by atoms with Crippen LogP contribution in [-0.4, -0.2) is 32.3 Å². The average molecular weight is 478 g/mol. The van der Waals surface area contributed by atoms with Crippen LogP contribution in [0.15, 0.2) is 41.6 Å². The molecule has 0 atom stereocenters. The molecule has 2 amide bonds. The number of nitrogens with zero attached hydrogens (tertiary/aromatic N) is 3. The third kappa shape index (κ3) is 5.78. The van der Waals surface area contributed by atoms with Crippen molar-refractivity contribution in [1.29, 1.82) is 0 Å². The molecular formula is C21H21Cl2N5O2S. The molecule has 0 spiro atoms. The van der Waals surface area contributed by atoms with Crippen molar-refractivity contribution in [3.8, 4) is 0 Å². The summed E-state index contributed by atoms with van der Waals surface area (Å²) in [4.78, 5) is 24.7. The summed E-state index contributed by atoms with van der Waals surface area (Å²) in [6.07, 6.45) is 0. The molecule has 2 aromatic carbocycles. The molecule has 0 saturated heterocycles. The van der Waals surface area contributed by atoms with E-state index in [-0.39, 0.29) is 29.1 Å². The van der Waals surface area contributed by atoms with E-state index in [2.05, 4.69) is 20.8 Å². The van der Waals surface area contributed by atoms with Gasteiger partial charge in [-0.25, -0.2) is 0 Å². The average Bonchev–Trinajstić information content (AvgIpc) is 3.07. The quantitative estimate of drug-likeness (QED) is 0.492. The van der Waals surface area contributed by atoms with Crippen LogP contribution in [-0.2, 0) is 18.4 Å². The van der Waals surface area contributed by atoms with Gasteiger partial charge in [-0.05, 0) is 49.2 Å². The second-order valence-corrected chi connectivity index (χ2v) is 8.64. The van der Waals surface area contributed by atoms with Gasteiger partial charge < -0.3 is 15.2 Å². The maximum atomic E-state index is 12.4. The van der Waals surface area contributed by atoms with E-state index >= 15 is 0 Å². The second kappa shape index (κ2) is 10.2. The van der Waals surface area contributed by atoms with Crippen LogP contribution in [0.1, 0.15) is 27.3 Å². The minimum absolute atomic E-state index is 0.131. The zero-order valence-corrected chi connectivity index (χ0v) is 19.5. The van der Waals surface area contributed by atoms with Gasteiger partial charge >= 0.3 is 0 Å². The van der Waals surface area contributed by atoms with Crippen LogP contribution in [0.4, 0.5) is 5.69 Å². The first-order chi connectivity index (χ1) is 14.8. The first-order valence-corrected chi connectivity index (χ1v) is 11.1. The molecular weight excluding hydrogens is 457 g/mol. The number of aromatic nitrogens is 3. The fraction of sp³-hybridized carbons (Fsp3) is 0.238. The van der Waals surface area contributed by atoms with Crippen molar-refractivity contribution >= 4 is 52.5 Å². The van der Waals surface area contributed by atoms with Gasteiger partial charge in [-0.3, -0.25) is 9.59 Å². The number of thioether (sulfide) groups is 1. The van der Waals surface area contributed by atoms with Crippen LogP contribution in [0.25, 0.3) is 0 Å². The van der Waals surface area contributed by atoms with Crippen LogP contribution in [0.2, 0.25) is 10.0 Å². The summed E-state index contributed by atoms with van der Waals surface area (Å²) in [5.41, 5.74) is 3.28. The number of nitrogens with one attached hydrogen (secondary N) is 2. The molecule has 7 nitrogen and oxygen atoms in total. The van der Waals surface area contributed by atoms with Gasteiger partial charge in [0.05, 0.1) is 22.9 Å². The number of amides is 2. The lowest BCUT2D eigenvalue weighted by Crippen LogP contribution is -2.24. The molecule has 0 unspecified atom stereocenters. The van der Waals surface area contributed by atoms with Crippen molar-refractivity contribution in [3.05, 3.63) is 69.0 Å². The first kappa shape index (κ1) is 23.1. The number of carbonyl (C=O) groups is 2. The Morgan fingerprint density at radius 2 is 1.90 bits per heavy atom. The number of anilines is 1.